The van der Waals surface area contributed by atoms with Gasteiger partial charge in [0, 0.05) is 12.1 Å². The molecule has 126 valence electrons. The van der Waals surface area contributed by atoms with Crippen LogP contribution in [0.2, 0.25) is 0 Å². The van der Waals surface area contributed by atoms with Gasteiger partial charge in [0.25, 0.3) is 5.91 Å². The molecule has 7 heteroatoms. The first-order valence-corrected chi connectivity index (χ1v) is 7.99. The molecule has 0 aliphatic rings. The Bertz CT molecular complexity index is 753. The SMILES string of the molecule is COc1ccccc1CNC(=O)COC(=O)c1ccc(C(C)=O)s1. The molecule has 1 amide bonds. The molecule has 0 saturated heterocycles. The van der Waals surface area contributed by atoms with Gasteiger partial charge in [-0.25, -0.2) is 4.79 Å². The molecule has 0 radical (unpaired) electrons. The van der Waals surface area contributed by atoms with Crippen LogP contribution in [0.15, 0.2) is 36.4 Å². The standard InChI is InChI=1S/C17H17NO5S/c1-11(19)14-7-8-15(24-14)17(21)23-10-16(20)18-9-12-5-3-4-6-13(12)22-2/h3-8H,9-10H2,1-2H3,(H,18,20). The quantitative estimate of drug-likeness (QED) is 0.614. The van der Waals surface area contributed by atoms with Crippen molar-refractivity contribution in [1.82, 2.24) is 5.32 Å². The van der Waals surface area contributed by atoms with Crippen LogP contribution in [0.3, 0.4) is 0 Å². The normalized spacial score (nSPS) is 10.1. The Morgan fingerprint density at radius 3 is 2.46 bits per heavy atom. The smallest absolute Gasteiger partial charge is 0.348 e. The molecule has 1 heterocycles. The summed E-state index contributed by atoms with van der Waals surface area (Å²) in [6, 6.07) is 10.4. The Morgan fingerprint density at radius 1 is 1.08 bits per heavy atom. The van der Waals surface area contributed by atoms with Crippen LogP contribution in [0.4, 0.5) is 0 Å². The van der Waals surface area contributed by atoms with Crippen LogP contribution in [-0.4, -0.2) is 31.4 Å². The van der Waals surface area contributed by atoms with Crippen LogP contribution in [0, 0.1) is 0 Å². The third kappa shape index (κ3) is 4.66. The molecule has 24 heavy (non-hydrogen) atoms. The van der Waals surface area contributed by atoms with E-state index in [0.717, 1.165) is 16.9 Å². The summed E-state index contributed by atoms with van der Waals surface area (Å²) in [4.78, 5) is 35.6. The van der Waals surface area contributed by atoms with E-state index in [0.29, 0.717) is 10.6 Å². The van der Waals surface area contributed by atoms with Crippen molar-refractivity contribution in [1.29, 1.82) is 0 Å². The van der Waals surface area contributed by atoms with Gasteiger partial charge in [0.2, 0.25) is 0 Å². The third-order valence-electron chi connectivity index (χ3n) is 3.16. The van der Waals surface area contributed by atoms with Gasteiger partial charge < -0.3 is 14.8 Å². The molecule has 0 aliphatic carbocycles. The van der Waals surface area contributed by atoms with E-state index in [9.17, 15) is 14.4 Å². The lowest BCUT2D eigenvalue weighted by Gasteiger charge is -2.09. The van der Waals surface area contributed by atoms with Gasteiger partial charge in [-0.1, -0.05) is 18.2 Å². The summed E-state index contributed by atoms with van der Waals surface area (Å²) in [5.74, 6) is -0.490. The van der Waals surface area contributed by atoms with E-state index in [1.807, 2.05) is 18.2 Å². The fourth-order valence-electron chi connectivity index (χ4n) is 1.93. The minimum Gasteiger partial charge on any atom is -0.496 e. The van der Waals surface area contributed by atoms with Crippen LogP contribution in [0.25, 0.3) is 0 Å². The van der Waals surface area contributed by atoms with Gasteiger partial charge >= 0.3 is 5.97 Å². The Hall–Kier alpha value is -2.67. The molecule has 2 aromatic rings. The third-order valence-corrected chi connectivity index (χ3v) is 4.32. The summed E-state index contributed by atoms with van der Waals surface area (Å²) in [6.07, 6.45) is 0. The number of rotatable bonds is 7. The van der Waals surface area contributed by atoms with Gasteiger partial charge in [-0.3, -0.25) is 9.59 Å². The molecule has 1 aromatic heterocycles. The first-order chi connectivity index (χ1) is 11.5. The fraction of sp³-hybridized carbons (Fsp3) is 0.235. The van der Waals surface area contributed by atoms with E-state index >= 15 is 0 Å². The monoisotopic (exact) mass is 347 g/mol. The van der Waals surface area contributed by atoms with Crippen LogP contribution in [-0.2, 0) is 16.1 Å². The Labute approximate surface area is 143 Å². The summed E-state index contributed by atoms with van der Waals surface area (Å²) < 4.78 is 10.1. The topological polar surface area (TPSA) is 81.7 Å². The van der Waals surface area contributed by atoms with Crippen molar-refractivity contribution in [2.45, 2.75) is 13.5 Å². The number of benzene rings is 1. The first-order valence-electron chi connectivity index (χ1n) is 7.17. The van der Waals surface area contributed by atoms with Crippen molar-refractivity contribution in [2.75, 3.05) is 13.7 Å². The van der Waals surface area contributed by atoms with Gasteiger partial charge in [-0.2, -0.15) is 0 Å². The lowest BCUT2D eigenvalue weighted by Crippen LogP contribution is -2.28. The maximum atomic E-state index is 11.8. The molecule has 0 spiro atoms. The highest BCUT2D eigenvalue weighted by molar-refractivity contribution is 7.15. The number of ether oxygens (including phenoxy) is 2. The lowest BCUT2D eigenvalue weighted by atomic mass is 10.2. The predicted octanol–water partition coefficient (Wildman–Crippen LogP) is 2.43. The highest BCUT2D eigenvalue weighted by Crippen LogP contribution is 2.18. The Kier molecular flexibility index (Phi) is 6.08. The molecule has 1 N–H and O–H groups in total. The van der Waals surface area contributed by atoms with E-state index in [1.54, 1.807) is 19.2 Å². The van der Waals surface area contributed by atoms with Crippen molar-refractivity contribution in [2.24, 2.45) is 0 Å². The number of methoxy groups -OCH3 is 1. The molecule has 6 nitrogen and oxygen atoms in total. The molecule has 1 aromatic carbocycles. The summed E-state index contributed by atoms with van der Waals surface area (Å²) in [7, 11) is 1.55. The zero-order chi connectivity index (χ0) is 17.5. The van der Waals surface area contributed by atoms with E-state index in [-0.39, 0.29) is 23.8 Å². The first kappa shape index (κ1) is 17.7. The van der Waals surface area contributed by atoms with Gasteiger partial charge in [-0.15, -0.1) is 11.3 Å². The number of amides is 1. The minimum absolute atomic E-state index is 0.117. The summed E-state index contributed by atoms with van der Waals surface area (Å²) >= 11 is 1.04. The van der Waals surface area contributed by atoms with Crippen LogP contribution < -0.4 is 10.1 Å². The average molecular weight is 347 g/mol. The largest absolute Gasteiger partial charge is 0.496 e. The van der Waals surface area contributed by atoms with Crippen molar-refractivity contribution >= 4 is 29.0 Å². The summed E-state index contributed by atoms with van der Waals surface area (Å²) in [5, 5.41) is 2.66. The number of esters is 1. The second kappa shape index (κ2) is 8.26. The average Bonchev–Trinajstić information content (AvgIpc) is 3.08. The number of thiophene rings is 1. The number of carbonyl (C=O) groups excluding carboxylic acids is 3. The minimum atomic E-state index is -0.625. The van der Waals surface area contributed by atoms with Gasteiger partial charge in [0.15, 0.2) is 12.4 Å². The van der Waals surface area contributed by atoms with E-state index in [2.05, 4.69) is 5.32 Å². The maximum absolute atomic E-state index is 11.8. The molecule has 0 atom stereocenters. The second-order valence-corrected chi connectivity index (χ2v) is 5.97. The summed E-state index contributed by atoms with van der Waals surface area (Å²) in [5.41, 5.74) is 0.823. The Morgan fingerprint density at radius 2 is 1.79 bits per heavy atom. The number of hydrogen-bond acceptors (Lipinski definition) is 6. The molecule has 0 fully saturated rings. The predicted molar refractivity (Wildman–Crippen MR) is 89.4 cm³/mol. The van der Waals surface area contributed by atoms with Crippen molar-refractivity contribution in [3.05, 3.63) is 51.7 Å². The molecule has 0 bridgehead atoms. The highest BCUT2D eigenvalue weighted by Gasteiger charge is 2.14. The highest BCUT2D eigenvalue weighted by atomic mass is 32.1. The second-order valence-electron chi connectivity index (χ2n) is 4.88. The van der Waals surface area contributed by atoms with Crippen molar-refractivity contribution < 1.29 is 23.9 Å². The fourth-order valence-corrected chi connectivity index (χ4v) is 2.73. The number of Topliss-reactive ketones (excluding diaryl/α,β-unsaturated/α-hetero) is 1. The van der Waals surface area contributed by atoms with Crippen LogP contribution >= 0.6 is 11.3 Å². The Balaban J connectivity index is 1.82. The zero-order valence-corrected chi connectivity index (χ0v) is 14.1. The molecule has 0 aliphatic heterocycles. The number of hydrogen-bond donors (Lipinski definition) is 1. The molecular formula is C17H17NO5S. The van der Waals surface area contributed by atoms with Crippen LogP contribution in [0.5, 0.6) is 5.75 Å². The van der Waals surface area contributed by atoms with Crippen molar-refractivity contribution in [3.8, 4) is 5.75 Å². The number of para-hydroxylation sites is 1. The lowest BCUT2D eigenvalue weighted by molar-refractivity contribution is -0.124. The van der Waals surface area contributed by atoms with E-state index < -0.39 is 11.9 Å². The van der Waals surface area contributed by atoms with Gasteiger partial charge in [0.05, 0.1) is 12.0 Å². The molecule has 0 unspecified atom stereocenters. The van der Waals surface area contributed by atoms with Gasteiger partial charge in [0.1, 0.15) is 10.6 Å². The maximum Gasteiger partial charge on any atom is 0.348 e. The van der Waals surface area contributed by atoms with Crippen LogP contribution in [0.1, 0.15) is 31.8 Å². The van der Waals surface area contributed by atoms with Gasteiger partial charge in [-0.05, 0) is 25.1 Å². The van der Waals surface area contributed by atoms with E-state index in [1.165, 1.54) is 13.0 Å². The number of carbonyl (C=O) groups is 3. The molecule has 0 saturated carbocycles. The summed E-state index contributed by atoms with van der Waals surface area (Å²) in [6.45, 7) is 1.31. The number of ketones is 1. The zero-order valence-electron chi connectivity index (χ0n) is 13.3. The van der Waals surface area contributed by atoms with Crippen molar-refractivity contribution in [3.63, 3.8) is 0 Å². The number of nitrogens with one attached hydrogen (secondary N) is 1. The van der Waals surface area contributed by atoms with E-state index in [4.69, 9.17) is 9.47 Å². The molecular weight excluding hydrogens is 330 g/mol. The molecule has 2 rings (SSSR count).